The second kappa shape index (κ2) is 5.20. The monoisotopic (exact) mass is 252 g/mol. The SMILES string of the molecule is NC(Cc1ccncc1)Cn1cnc2ccccc21. The Morgan fingerprint density at radius 3 is 2.74 bits per heavy atom. The van der Waals surface area contributed by atoms with Crippen LogP contribution in [0.1, 0.15) is 5.56 Å². The van der Waals surface area contributed by atoms with Crippen molar-refractivity contribution in [2.24, 2.45) is 5.73 Å². The second-order valence-corrected chi connectivity index (χ2v) is 4.71. The highest BCUT2D eigenvalue weighted by Gasteiger charge is 2.08. The number of para-hydroxylation sites is 2. The van der Waals surface area contributed by atoms with Crippen molar-refractivity contribution >= 4 is 11.0 Å². The van der Waals surface area contributed by atoms with E-state index < -0.39 is 0 Å². The van der Waals surface area contributed by atoms with Gasteiger partial charge >= 0.3 is 0 Å². The lowest BCUT2D eigenvalue weighted by molar-refractivity contribution is 0.559. The average Bonchev–Trinajstić information content (AvgIpc) is 2.83. The Morgan fingerprint density at radius 2 is 1.89 bits per heavy atom. The molecule has 0 aliphatic heterocycles. The third-order valence-corrected chi connectivity index (χ3v) is 3.21. The van der Waals surface area contributed by atoms with Crippen LogP contribution in [-0.2, 0) is 13.0 Å². The van der Waals surface area contributed by atoms with E-state index in [1.165, 1.54) is 5.56 Å². The van der Waals surface area contributed by atoms with Crippen molar-refractivity contribution in [2.75, 3.05) is 0 Å². The first-order valence-electron chi connectivity index (χ1n) is 6.37. The van der Waals surface area contributed by atoms with E-state index in [4.69, 9.17) is 5.73 Å². The molecule has 0 saturated heterocycles. The molecule has 96 valence electrons. The Morgan fingerprint density at radius 1 is 1.11 bits per heavy atom. The van der Waals surface area contributed by atoms with Crippen LogP contribution in [0.2, 0.25) is 0 Å². The van der Waals surface area contributed by atoms with Crippen LogP contribution in [0.3, 0.4) is 0 Å². The highest BCUT2D eigenvalue weighted by molar-refractivity contribution is 5.74. The lowest BCUT2D eigenvalue weighted by Gasteiger charge is -2.13. The van der Waals surface area contributed by atoms with Crippen LogP contribution in [0.15, 0.2) is 55.1 Å². The third kappa shape index (κ3) is 2.63. The molecular weight excluding hydrogens is 236 g/mol. The van der Waals surface area contributed by atoms with E-state index in [9.17, 15) is 0 Å². The van der Waals surface area contributed by atoms with Crippen molar-refractivity contribution in [3.05, 3.63) is 60.7 Å². The van der Waals surface area contributed by atoms with Gasteiger partial charge in [-0.1, -0.05) is 12.1 Å². The molecule has 4 heteroatoms. The molecule has 1 atom stereocenters. The number of pyridine rings is 1. The van der Waals surface area contributed by atoms with Crippen LogP contribution < -0.4 is 5.73 Å². The first kappa shape index (κ1) is 11.9. The minimum atomic E-state index is 0.0695. The van der Waals surface area contributed by atoms with E-state index in [1.807, 2.05) is 36.7 Å². The van der Waals surface area contributed by atoms with Gasteiger partial charge in [0.05, 0.1) is 17.4 Å². The summed E-state index contributed by atoms with van der Waals surface area (Å²) in [5.74, 6) is 0. The summed E-state index contributed by atoms with van der Waals surface area (Å²) in [5.41, 5.74) is 9.58. The average molecular weight is 252 g/mol. The van der Waals surface area contributed by atoms with E-state index in [2.05, 4.69) is 20.6 Å². The fraction of sp³-hybridized carbons (Fsp3) is 0.200. The van der Waals surface area contributed by atoms with Gasteiger partial charge < -0.3 is 10.3 Å². The van der Waals surface area contributed by atoms with Crippen molar-refractivity contribution in [2.45, 2.75) is 19.0 Å². The van der Waals surface area contributed by atoms with Crippen LogP contribution in [0.25, 0.3) is 11.0 Å². The molecule has 3 aromatic rings. The van der Waals surface area contributed by atoms with E-state index in [0.29, 0.717) is 0 Å². The van der Waals surface area contributed by atoms with Crippen LogP contribution in [0.4, 0.5) is 0 Å². The quantitative estimate of drug-likeness (QED) is 0.772. The van der Waals surface area contributed by atoms with Crippen molar-refractivity contribution < 1.29 is 0 Å². The number of imidazole rings is 1. The van der Waals surface area contributed by atoms with Gasteiger partial charge in [0, 0.05) is 25.0 Å². The predicted molar refractivity (Wildman–Crippen MR) is 75.6 cm³/mol. The van der Waals surface area contributed by atoms with Crippen LogP contribution >= 0.6 is 0 Å². The molecule has 4 nitrogen and oxygen atoms in total. The molecule has 2 heterocycles. The van der Waals surface area contributed by atoms with Gasteiger partial charge in [0.15, 0.2) is 0 Å². The number of aromatic nitrogens is 3. The smallest absolute Gasteiger partial charge is 0.0958 e. The molecule has 2 N–H and O–H groups in total. The zero-order valence-corrected chi connectivity index (χ0v) is 10.6. The Balaban J connectivity index is 1.74. The molecular formula is C15H16N4. The molecule has 19 heavy (non-hydrogen) atoms. The summed E-state index contributed by atoms with van der Waals surface area (Å²) in [4.78, 5) is 8.39. The number of hydrogen-bond donors (Lipinski definition) is 1. The molecule has 0 aliphatic carbocycles. The van der Waals surface area contributed by atoms with Gasteiger partial charge in [-0.15, -0.1) is 0 Å². The summed E-state index contributed by atoms with van der Waals surface area (Å²) in [7, 11) is 0. The number of fused-ring (bicyclic) bond motifs is 1. The molecule has 0 fully saturated rings. The minimum absolute atomic E-state index is 0.0695. The Hall–Kier alpha value is -2.20. The van der Waals surface area contributed by atoms with E-state index in [-0.39, 0.29) is 6.04 Å². The molecule has 0 aliphatic rings. The lowest BCUT2D eigenvalue weighted by Crippen LogP contribution is -2.28. The van der Waals surface area contributed by atoms with Crippen LogP contribution in [-0.4, -0.2) is 20.6 Å². The molecule has 0 radical (unpaired) electrons. The molecule has 0 spiro atoms. The van der Waals surface area contributed by atoms with E-state index >= 15 is 0 Å². The normalized spacial score (nSPS) is 12.7. The molecule has 2 aromatic heterocycles. The van der Waals surface area contributed by atoms with Crippen molar-refractivity contribution in [3.8, 4) is 0 Å². The molecule has 1 aromatic carbocycles. The number of rotatable bonds is 4. The molecule has 0 bridgehead atoms. The number of hydrogen-bond acceptors (Lipinski definition) is 3. The van der Waals surface area contributed by atoms with Gasteiger partial charge in [-0.3, -0.25) is 4.98 Å². The van der Waals surface area contributed by atoms with Gasteiger partial charge in [0.1, 0.15) is 0 Å². The maximum atomic E-state index is 6.22. The van der Waals surface area contributed by atoms with E-state index in [1.54, 1.807) is 12.4 Å². The summed E-state index contributed by atoms with van der Waals surface area (Å²) in [5, 5.41) is 0. The van der Waals surface area contributed by atoms with Gasteiger partial charge in [-0.2, -0.15) is 0 Å². The van der Waals surface area contributed by atoms with Gasteiger partial charge in [-0.25, -0.2) is 4.98 Å². The van der Waals surface area contributed by atoms with Crippen molar-refractivity contribution in [1.29, 1.82) is 0 Å². The zero-order valence-electron chi connectivity index (χ0n) is 10.6. The maximum Gasteiger partial charge on any atom is 0.0958 e. The molecule has 3 rings (SSSR count). The van der Waals surface area contributed by atoms with Gasteiger partial charge in [0.2, 0.25) is 0 Å². The molecule has 0 saturated carbocycles. The molecule has 0 amide bonds. The lowest BCUT2D eigenvalue weighted by atomic mass is 10.1. The summed E-state index contributed by atoms with van der Waals surface area (Å²) in [6.07, 6.45) is 6.30. The topological polar surface area (TPSA) is 56.7 Å². The fourth-order valence-corrected chi connectivity index (χ4v) is 2.29. The fourth-order valence-electron chi connectivity index (χ4n) is 2.29. The maximum absolute atomic E-state index is 6.22. The minimum Gasteiger partial charge on any atom is -0.329 e. The van der Waals surface area contributed by atoms with Gasteiger partial charge in [0.25, 0.3) is 0 Å². The van der Waals surface area contributed by atoms with E-state index in [0.717, 1.165) is 24.0 Å². The first-order chi connectivity index (χ1) is 9.33. The Kier molecular flexibility index (Phi) is 3.25. The zero-order chi connectivity index (χ0) is 13.1. The largest absolute Gasteiger partial charge is 0.329 e. The Bertz CT molecular complexity index is 660. The molecule has 1 unspecified atom stereocenters. The summed E-state index contributed by atoms with van der Waals surface area (Å²) in [6, 6.07) is 12.2. The highest BCUT2D eigenvalue weighted by atomic mass is 15.1. The Labute approximate surface area is 111 Å². The third-order valence-electron chi connectivity index (χ3n) is 3.21. The predicted octanol–water partition coefficient (Wildman–Crippen LogP) is 2.00. The second-order valence-electron chi connectivity index (χ2n) is 4.71. The number of benzene rings is 1. The number of nitrogens with two attached hydrogens (primary N) is 1. The van der Waals surface area contributed by atoms with Crippen LogP contribution in [0.5, 0.6) is 0 Å². The standard InChI is InChI=1S/C15H16N4/c16-13(9-12-5-7-17-8-6-12)10-19-11-18-14-3-1-2-4-15(14)19/h1-8,11,13H,9-10,16H2. The highest BCUT2D eigenvalue weighted by Crippen LogP contribution is 2.12. The van der Waals surface area contributed by atoms with Crippen molar-refractivity contribution in [1.82, 2.24) is 14.5 Å². The summed E-state index contributed by atoms with van der Waals surface area (Å²) in [6.45, 7) is 0.767. The summed E-state index contributed by atoms with van der Waals surface area (Å²) >= 11 is 0. The van der Waals surface area contributed by atoms with Crippen molar-refractivity contribution in [3.63, 3.8) is 0 Å². The first-order valence-corrected chi connectivity index (χ1v) is 6.37. The van der Waals surface area contributed by atoms with Gasteiger partial charge in [-0.05, 0) is 36.2 Å². The van der Waals surface area contributed by atoms with Crippen LogP contribution in [0, 0.1) is 0 Å². The summed E-state index contributed by atoms with van der Waals surface area (Å²) < 4.78 is 2.11. The number of nitrogens with zero attached hydrogens (tertiary/aromatic N) is 3.